The van der Waals surface area contributed by atoms with Crippen LogP contribution in [0.3, 0.4) is 0 Å². The van der Waals surface area contributed by atoms with Crippen LogP contribution in [0.1, 0.15) is 21.6 Å². The number of amides is 1. The van der Waals surface area contributed by atoms with Crippen molar-refractivity contribution in [3.8, 4) is 0 Å². The Balaban J connectivity index is 1.40. The van der Waals surface area contributed by atoms with Gasteiger partial charge in [0.25, 0.3) is 5.91 Å². The van der Waals surface area contributed by atoms with E-state index in [1.165, 1.54) is 0 Å². The first kappa shape index (κ1) is 17.5. The van der Waals surface area contributed by atoms with E-state index in [2.05, 4.69) is 9.88 Å². The molecule has 1 aliphatic rings. The van der Waals surface area contributed by atoms with E-state index in [1.807, 2.05) is 60.4 Å². The Hall–Kier alpha value is -2.92. The molecule has 5 heteroatoms. The molecular weight excluding hydrogens is 338 g/mol. The molecule has 0 spiro atoms. The number of carbonyl (C=O) groups is 1. The highest BCUT2D eigenvalue weighted by molar-refractivity contribution is 5.94. The summed E-state index contributed by atoms with van der Waals surface area (Å²) in [4.78, 5) is 32.4. The number of nitrogens with one attached hydrogen (secondary N) is 1. The van der Waals surface area contributed by atoms with Crippen molar-refractivity contribution in [3.05, 3.63) is 81.6 Å². The number of aromatic amines is 1. The maximum Gasteiger partial charge on any atom is 0.253 e. The van der Waals surface area contributed by atoms with Gasteiger partial charge in [-0.05, 0) is 31.2 Å². The molecule has 1 saturated heterocycles. The van der Waals surface area contributed by atoms with Gasteiger partial charge in [0.05, 0.1) is 0 Å². The molecule has 0 bridgehead atoms. The molecule has 5 nitrogen and oxygen atoms in total. The lowest BCUT2D eigenvalue weighted by Crippen LogP contribution is -2.48. The van der Waals surface area contributed by atoms with Crippen LogP contribution in [0.25, 0.3) is 10.9 Å². The van der Waals surface area contributed by atoms with E-state index in [-0.39, 0.29) is 11.3 Å². The van der Waals surface area contributed by atoms with E-state index in [4.69, 9.17) is 0 Å². The van der Waals surface area contributed by atoms with Gasteiger partial charge in [-0.25, -0.2) is 0 Å². The average molecular weight is 361 g/mol. The summed E-state index contributed by atoms with van der Waals surface area (Å²) in [6.07, 6.45) is 0. The second-order valence-corrected chi connectivity index (χ2v) is 7.14. The molecule has 138 valence electrons. The smallest absolute Gasteiger partial charge is 0.253 e. The van der Waals surface area contributed by atoms with Crippen LogP contribution < -0.4 is 5.43 Å². The van der Waals surface area contributed by atoms with Crippen molar-refractivity contribution in [1.82, 2.24) is 14.8 Å². The second kappa shape index (κ2) is 7.37. The fraction of sp³-hybridized carbons (Fsp3) is 0.273. The van der Waals surface area contributed by atoms with Gasteiger partial charge >= 0.3 is 0 Å². The standard InChI is InChI=1S/C22H23N3O2/c1-16-6-8-17(9-7-16)22(27)25-12-10-24(11-13-25)15-18-14-21(26)19-4-2-3-5-20(19)23-18/h2-9,14H,10-13,15H2,1H3,(H,23,26). The zero-order chi connectivity index (χ0) is 18.8. The minimum atomic E-state index is 0.0486. The molecule has 1 aromatic heterocycles. The highest BCUT2D eigenvalue weighted by Crippen LogP contribution is 2.13. The number of H-pyrrole nitrogens is 1. The molecule has 1 fully saturated rings. The number of piperazine rings is 1. The first-order chi connectivity index (χ1) is 13.1. The third-order valence-corrected chi connectivity index (χ3v) is 5.15. The molecule has 0 aliphatic carbocycles. The van der Waals surface area contributed by atoms with Gasteiger partial charge in [-0.15, -0.1) is 0 Å². The quantitative estimate of drug-likeness (QED) is 0.780. The van der Waals surface area contributed by atoms with Gasteiger partial charge in [-0.1, -0.05) is 29.8 Å². The molecule has 4 rings (SSSR count). The number of benzene rings is 2. The van der Waals surface area contributed by atoms with Crippen LogP contribution in [-0.2, 0) is 6.54 Å². The number of para-hydroxylation sites is 1. The third kappa shape index (κ3) is 3.78. The van der Waals surface area contributed by atoms with Crippen molar-refractivity contribution in [2.45, 2.75) is 13.5 Å². The zero-order valence-electron chi connectivity index (χ0n) is 15.4. The van der Waals surface area contributed by atoms with Crippen molar-refractivity contribution in [2.24, 2.45) is 0 Å². The number of aryl methyl sites for hydroxylation is 1. The normalized spacial score (nSPS) is 15.2. The Kier molecular flexibility index (Phi) is 4.77. The van der Waals surface area contributed by atoms with E-state index < -0.39 is 0 Å². The van der Waals surface area contributed by atoms with Crippen LogP contribution in [0.15, 0.2) is 59.4 Å². The summed E-state index contributed by atoms with van der Waals surface area (Å²) in [5, 5.41) is 0.717. The molecule has 1 N–H and O–H groups in total. The molecule has 0 radical (unpaired) electrons. The third-order valence-electron chi connectivity index (χ3n) is 5.15. The summed E-state index contributed by atoms with van der Waals surface area (Å²) >= 11 is 0. The predicted molar refractivity (Wildman–Crippen MR) is 107 cm³/mol. The predicted octanol–water partition coefficient (Wildman–Crippen LogP) is 2.79. The number of fused-ring (bicyclic) bond motifs is 1. The van der Waals surface area contributed by atoms with Crippen molar-refractivity contribution >= 4 is 16.8 Å². The summed E-state index contributed by atoms with van der Waals surface area (Å²) in [5.74, 6) is 0.0914. The SMILES string of the molecule is Cc1ccc(C(=O)N2CCN(Cc3cc(=O)c4ccccc4[nH]3)CC2)cc1. The monoisotopic (exact) mass is 361 g/mol. The van der Waals surface area contributed by atoms with E-state index >= 15 is 0 Å². The lowest BCUT2D eigenvalue weighted by molar-refractivity contribution is 0.0627. The number of rotatable bonds is 3. The van der Waals surface area contributed by atoms with E-state index in [1.54, 1.807) is 6.07 Å². The number of hydrogen-bond donors (Lipinski definition) is 1. The number of pyridine rings is 1. The van der Waals surface area contributed by atoms with Crippen LogP contribution >= 0.6 is 0 Å². The van der Waals surface area contributed by atoms with Crippen molar-refractivity contribution < 1.29 is 4.79 Å². The number of aromatic nitrogens is 1. The molecule has 1 amide bonds. The number of nitrogens with zero attached hydrogens (tertiary/aromatic N) is 2. The van der Waals surface area contributed by atoms with Gasteiger partial charge < -0.3 is 9.88 Å². The Morgan fingerprint density at radius 2 is 1.70 bits per heavy atom. The fourth-order valence-electron chi connectivity index (χ4n) is 3.57. The number of carbonyl (C=O) groups excluding carboxylic acids is 1. The Morgan fingerprint density at radius 3 is 2.44 bits per heavy atom. The fourth-order valence-corrected chi connectivity index (χ4v) is 3.57. The molecule has 2 aromatic carbocycles. The summed E-state index contributed by atoms with van der Waals surface area (Å²) in [7, 11) is 0. The molecule has 27 heavy (non-hydrogen) atoms. The average Bonchev–Trinajstić information content (AvgIpc) is 2.69. The maximum absolute atomic E-state index is 12.6. The summed E-state index contributed by atoms with van der Waals surface area (Å²) in [5.41, 5.74) is 3.73. The highest BCUT2D eigenvalue weighted by atomic mass is 16.2. The minimum absolute atomic E-state index is 0.0486. The molecule has 0 unspecified atom stereocenters. The van der Waals surface area contributed by atoms with Crippen molar-refractivity contribution in [1.29, 1.82) is 0 Å². The molecular formula is C22H23N3O2. The maximum atomic E-state index is 12.6. The van der Waals surface area contributed by atoms with Gasteiger partial charge in [0, 0.05) is 61.0 Å². The van der Waals surface area contributed by atoms with Crippen molar-refractivity contribution in [3.63, 3.8) is 0 Å². The molecule has 0 saturated carbocycles. The molecule has 2 heterocycles. The Bertz CT molecular complexity index is 1020. The highest BCUT2D eigenvalue weighted by Gasteiger charge is 2.22. The lowest BCUT2D eigenvalue weighted by atomic mass is 10.1. The Labute approximate surface area is 158 Å². The van der Waals surface area contributed by atoms with Crippen molar-refractivity contribution in [2.75, 3.05) is 26.2 Å². The summed E-state index contributed by atoms with van der Waals surface area (Å²) in [6, 6.07) is 17.0. The lowest BCUT2D eigenvalue weighted by Gasteiger charge is -2.34. The van der Waals surface area contributed by atoms with Crippen LogP contribution in [0.2, 0.25) is 0 Å². The van der Waals surface area contributed by atoms with E-state index in [9.17, 15) is 9.59 Å². The zero-order valence-corrected chi connectivity index (χ0v) is 15.4. The van der Waals surface area contributed by atoms with Gasteiger partial charge in [0.2, 0.25) is 0 Å². The van der Waals surface area contributed by atoms with Gasteiger partial charge in [0.15, 0.2) is 5.43 Å². The van der Waals surface area contributed by atoms with E-state index in [0.717, 1.165) is 40.8 Å². The van der Waals surface area contributed by atoms with Crippen LogP contribution in [0, 0.1) is 6.92 Å². The van der Waals surface area contributed by atoms with Crippen LogP contribution in [-0.4, -0.2) is 46.9 Å². The molecule has 3 aromatic rings. The topological polar surface area (TPSA) is 56.4 Å². The number of hydrogen-bond acceptors (Lipinski definition) is 3. The summed E-state index contributed by atoms with van der Waals surface area (Å²) < 4.78 is 0. The first-order valence-corrected chi connectivity index (χ1v) is 9.29. The first-order valence-electron chi connectivity index (χ1n) is 9.29. The van der Waals surface area contributed by atoms with E-state index in [0.29, 0.717) is 19.6 Å². The largest absolute Gasteiger partial charge is 0.357 e. The minimum Gasteiger partial charge on any atom is -0.357 e. The van der Waals surface area contributed by atoms with Crippen LogP contribution in [0.4, 0.5) is 0 Å². The van der Waals surface area contributed by atoms with Gasteiger partial charge in [-0.2, -0.15) is 0 Å². The molecule has 0 atom stereocenters. The molecule has 1 aliphatic heterocycles. The second-order valence-electron chi connectivity index (χ2n) is 7.14. The Morgan fingerprint density at radius 1 is 1.00 bits per heavy atom. The summed E-state index contributed by atoms with van der Waals surface area (Å²) in [6.45, 7) is 5.70. The van der Waals surface area contributed by atoms with Gasteiger partial charge in [0.1, 0.15) is 0 Å². The van der Waals surface area contributed by atoms with Gasteiger partial charge in [-0.3, -0.25) is 14.5 Å². The van der Waals surface area contributed by atoms with Crippen LogP contribution in [0.5, 0.6) is 0 Å².